The maximum atomic E-state index is 12.7. The summed E-state index contributed by atoms with van der Waals surface area (Å²) in [7, 11) is 1.39. The van der Waals surface area contributed by atoms with Gasteiger partial charge in [0.05, 0.1) is 33.9 Å². The van der Waals surface area contributed by atoms with E-state index in [0.29, 0.717) is 36.7 Å². The summed E-state index contributed by atoms with van der Waals surface area (Å²) in [4.78, 5) is 35.5. The van der Waals surface area contributed by atoms with Crippen LogP contribution in [0.25, 0.3) is 0 Å². The molecule has 0 aliphatic rings. The number of hydrogen-bond donors (Lipinski definition) is 2. The van der Waals surface area contributed by atoms with Gasteiger partial charge in [0.15, 0.2) is 6.10 Å². The van der Waals surface area contributed by atoms with Crippen LogP contribution >= 0.6 is 7.82 Å². The summed E-state index contributed by atoms with van der Waals surface area (Å²) in [5, 5.41) is 10.1. The maximum absolute atomic E-state index is 12.7. The summed E-state index contributed by atoms with van der Waals surface area (Å²) >= 11 is 0. The van der Waals surface area contributed by atoms with Crippen molar-refractivity contribution in [1.82, 2.24) is 0 Å². The standard InChI is InChI=1S/C51H88NO9P/c1-6-8-10-12-14-15-16-17-18-19-20-21-22-23-24-25-26-30-35-39-43-51(55)61-49(47-60-62(56,57)59-45-44-52(3,4)5)46-58-50(54)42-38-34-31-27-29-33-37-41-48(53)40-36-32-28-13-11-9-7-2/h15-16,18-19,21-22,27-28,31-33,36-37,40,48-49,53H,6-14,17,20,23-26,29-30,34-35,38-39,41-47H2,1-5H3/p+1/b16-15-,19-18-,22-21-,31-27+,32-28-,37-33-,40-36-/t48-,49-/m1/s1. The predicted molar refractivity (Wildman–Crippen MR) is 258 cm³/mol. The van der Waals surface area contributed by atoms with Crippen molar-refractivity contribution in [3.05, 3.63) is 85.1 Å². The van der Waals surface area contributed by atoms with E-state index in [0.717, 1.165) is 64.2 Å². The van der Waals surface area contributed by atoms with Crippen LogP contribution in [0.2, 0.25) is 0 Å². The first-order valence-electron chi connectivity index (χ1n) is 23.9. The topological polar surface area (TPSA) is 129 Å². The minimum atomic E-state index is -4.41. The zero-order valence-corrected chi connectivity index (χ0v) is 40.6. The Morgan fingerprint density at radius 2 is 1.08 bits per heavy atom. The van der Waals surface area contributed by atoms with Crippen molar-refractivity contribution in [3.63, 3.8) is 0 Å². The second kappa shape index (κ2) is 42.1. The van der Waals surface area contributed by atoms with Crippen LogP contribution in [-0.2, 0) is 32.7 Å². The highest BCUT2D eigenvalue weighted by Crippen LogP contribution is 2.43. The fourth-order valence-electron chi connectivity index (χ4n) is 5.92. The number of quaternary nitrogens is 1. The van der Waals surface area contributed by atoms with E-state index in [2.05, 4.69) is 56.4 Å². The number of ether oxygens (including phenoxy) is 2. The molecule has 0 radical (unpaired) electrons. The van der Waals surface area contributed by atoms with E-state index in [4.69, 9.17) is 18.5 Å². The van der Waals surface area contributed by atoms with Gasteiger partial charge in [-0.1, -0.05) is 157 Å². The summed E-state index contributed by atoms with van der Waals surface area (Å²) in [6, 6.07) is 0. The fraction of sp³-hybridized carbons (Fsp3) is 0.686. The summed E-state index contributed by atoms with van der Waals surface area (Å²) in [6.07, 6.45) is 50.9. The van der Waals surface area contributed by atoms with E-state index in [1.165, 1.54) is 51.4 Å². The lowest BCUT2D eigenvalue weighted by atomic mass is 10.1. The zero-order chi connectivity index (χ0) is 45.8. The van der Waals surface area contributed by atoms with Crippen molar-refractivity contribution in [3.8, 4) is 0 Å². The Kier molecular flexibility index (Phi) is 40.2. The first kappa shape index (κ1) is 59.1. The molecule has 0 heterocycles. The molecule has 0 fully saturated rings. The Morgan fingerprint density at radius 3 is 1.71 bits per heavy atom. The molecule has 0 aliphatic carbocycles. The number of esters is 2. The largest absolute Gasteiger partial charge is 0.472 e. The molecule has 0 aliphatic heterocycles. The van der Waals surface area contributed by atoms with Crippen molar-refractivity contribution in [2.45, 2.75) is 180 Å². The van der Waals surface area contributed by atoms with Gasteiger partial charge in [-0.25, -0.2) is 4.57 Å². The van der Waals surface area contributed by atoms with E-state index < -0.39 is 38.6 Å². The zero-order valence-electron chi connectivity index (χ0n) is 39.7. The summed E-state index contributed by atoms with van der Waals surface area (Å²) in [5.74, 6) is -0.927. The Hall–Kier alpha value is -2.85. The van der Waals surface area contributed by atoms with Crippen molar-refractivity contribution in [1.29, 1.82) is 0 Å². The molecule has 0 amide bonds. The Bertz CT molecular complexity index is 1340. The van der Waals surface area contributed by atoms with E-state index in [1.54, 1.807) is 6.08 Å². The number of phosphoric ester groups is 1. The molecule has 0 saturated heterocycles. The van der Waals surface area contributed by atoms with Gasteiger partial charge in [-0.2, -0.15) is 0 Å². The molecule has 62 heavy (non-hydrogen) atoms. The van der Waals surface area contributed by atoms with Gasteiger partial charge >= 0.3 is 19.8 Å². The Balaban J connectivity index is 4.49. The van der Waals surface area contributed by atoms with Crippen LogP contribution in [0.15, 0.2) is 85.1 Å². The van der Waals surface area contributed by atoms with Crippen molar-refractivity contribution < 1.29 is 47.2 Å². The summed E-state index contributed by atoms with van der Waals surface area (Å²) in [6.45, 7) is 4.19. The highest BCUT2D eigenvalue weighted by molar-refractivity contribution is 7.47. The average molecular weight is 891 g/mol. The van der Waals surface area contributed by atoms with Crippen LogP contribution in [0.1, 0.15) is 168 Å². The number of nitrogens with zero attached hydrogens (tertiary/aromatic N) is 1. The van der Waals surface area contributed by atoms with Crippen LogP contribution in [-0.4, -0.2) is 86.1 Å². The number of aliphatic hydroxyl groups excluding tert-OH is 1. The first-order valence-corrected chi connectivity index (χ1v) is 25.4. The normalized spacial score (nSPS) is 14.8. The molecular formula is C51H89NO9P+. The molecule has 0 aromatic heterocycles. The molecule has 1 unspecified atom stereocenters. The first-order chi connectivity index (χ1) is 29.9. The molecule has 10 nitrogen and oxygen atoms in total. The van der Waals surface area contributed by atoms with Gasteiger partial charge in [0.1, 0.15) is 19.8 Å². The Labute approximate surface area is 378 Å². The Morgan fingerprint density at radius 1 is 0.581 bits per heavy atom. The minimum absolute atomic E-state index is 0.00540. The highest BCUT2D eigenvalue weighted by atomic mass is 31.2. The summed E-state index contributed by atoms with van der Waals surface area (Å²) in [5.41, 5.74) is 0. The SMILES string of the molecule is CCCCC/C=C\C=C/[C@@H](O)C/C=C\C/C=C/CCCC(=O)OC[C@H](COP(=O)(O)OCC[N+](C)(C)C)OC(=O)CCCCCCCC/C=C\C/C=C\C/C=C\CCCCCC. The lowest BCUT2D eigenvalue weighted by molar-refractivity contribution is -0.870. The number of likely N-dealkylation sites (N-methyl/N-ethyl adjacent to an activating group) is 1. The average Bonchev–Trinajstić information content (AvgIpc) is 3.22. The number of phosphoric acid groups is 1. The molecule has 356 valence electrons. The quantitative estimate of drug-likeness (QED) is 0.0154. The maximum Gasteiger partial charge on any atom is 0.472 e. The van der Waals surface area contributed by atoms with E-state index in [-0.39, 0.29) is 26.1 Å². The third-order valence-corrected chi connectivity index (χ3v) is 10.7. The van der Waals surface area contributed by atoms with Gasteiger partial charge in [-0.15, -0.1) is 0 Å². The molecule has 0 spiro atoms. The van der Waals surface area contributed by atoms with Gasteiger partial charge in [-0.3, -0.25) is 18.6 Å². The number of carbonyl (C=O) groups excluding carboxylic acids is 2. The lowest BCUT2D eigenvalue weighted by Gasteiger charge is -2.24. The molecular weight excluding hydrogens is 802 g/mol. The van der Waals surface area contributed by atoms with Crippen molar-refractivity contribution in [2.75, 3.05) is 47.5 Å². The van der Waals surface area contributed by atoms with Crippen molar-refractivity contribution in [2.24, 2.45) is 0 Å². The van der Waals surface area contributed by atoms with Gasteiger partial charge in [-0.05, 0) is 83.5 Å². The lowest BCUT2D eigenvalue weighted by Crippen LogP contribution is -2.37. The van der Waals surface area contributed by atoms with Crippen LogP contribution in [0.5, 0.6) is 0 Å². The summed E-state index contributed by atoms with van der Waals surface area (Å²) < 4.78 is 34.3. The third kappa shape index (κ3) is 45.2. The van der Waals surface area contributed by atoms with Crippen LogP contribution in [0, 0.1) is 0 Å². The fourth-order valence-corrected chi connectivity index (χ4v) is 6.66. The second-order valence-electron chi connectivity index (χ2n) is 17.0. The second-order valence-corrected chi connectivity index (χ2v) is 18.4. The monoisotopic (exact) mass is 891 g/mol. The minimum Gasteiger partial charge on any atom is -0.462 e. The molecule has 0 aromatic carbocycles. The number of rotatable bonds is 42. The number of unbranched alkanes of at least 4 members (excludes halogenated alkanes) is 14. The molecule has 2 N–H and O–H groups in total. The van der Waals surface area contributed by atoms with Crippen LogP contribution in [0.3, 0.4) is 0 Å². The number of allylic oxidation sites excluding steroid dienone is 12. The van der Waals surface area contributed by atoms with Gasteiger partial charge < -0.3 is 24.0 Å². The molecule has 0 saturated carbocycles. The van der Waals surface area contributed by atoms with Crippen LogP contribution in [0.4, 0.5) is 0 Å². The third-order valence-electron chi connectivity index (χ3n) is 9.73. The number of carbonyl (C=O) groups is 2. The van der Waals surface area contributed by atoms with E-state index in [1.807, 2.05) is 57.6 Å². The smallest absolute Gasteiger partial charge is 0.462 e. The van der Waals surface area contributed by atoms with Crippen molar-refractivity contribution >= 4 is 19.8 Å². The molecule has 0 rings (SSSR count). The number of hydrogen-bond acceptors (Lipinski definition) is 8. The van der Waals surface area contributed by atoms with Crippen LogP contribution < -0.4 is 0 Å². The molecule has 0 bridgehead atoms. The van der Waals surface area contributed by atoms with Gasteiger partial charge in [0, 0.05) is 12.8 Å². The highest BCUT2D eigenvalue weighted by Gasteiger charge is 2.27. The molecule has 3 atom stereocenters. The van der Waals surface area contributed by atoms with Gasteiger partial charge in [0.25, 0.3) is 0 Å². The molecule has 0 aromatic rings. The molecule has 11 heteroatoms. The number of aliphatic hydroxyl groups is 1. The predicted octanol–water partition coefficient (Wildman–Crippen LogP) is 12.9. The van der Waals surface area contributed by atoms with E-state index in [9.17, 15) is 24.2 Å². The van der Waals surface area contributed by atoms with Gasteiger partial charge in [0.2, 0.25) is 0 Å². The van der Waals surface area contributed by atoms with E-state index >= 15 is 0 Å².